The number of hydrogen-bond donors (Lipinski definition) is 1. The van der Waals surface area contributed by atoms with E-state index in [0.29, 0.717) is 24.8 Å². The zero-order chi connectivity index (χ0) is 15.4. The summed E-state index contributed by atoms with van der Waals surface area (Å²) in [6.45, 7) is 6.34. The summed E-state index contributed by atoms with van der Waals surface area (Å²) in [5.41, 5.74) is 1.02. The van der Waals surface area contributed by atoms with Crippen molar-refractivity contribution in [2.45, 2.75) is 32.5 Å². The van der Waals surface area contributed by atoms with Crippen molar-refractivity contribution in [1.82, 2.24) is 10.2 Å². The maximum atomic E-state index is 12.3. The minimum atomic E-state index is -0.263. The molecule has 1 aliphatic rings. The molecular formula is C15H20BrClN2O2. The molecule has 6 heteroatoms. The number of morpholine rings is 1. The van der Waals surface area contributed by atoms with Gasteiger partial charge in [0.1, 0.15) is 6.04 Å². The second-order valence-corrected chi connectivity index (χ2v) is 6.78. The summed E-state index contributed by atoms with van der Waals surface area (Å²) in [5, 5.41) is 3.66. The van der Waals surface area contributed by atoms with Crippen LogP contribution in [0.4, 0.5) is 0 Å². The van der Waals surface area contributed by atoms with Crippen LogP contribution in [0.5, 0.6) is 0 Å². The van der Waals surface area contributed by atoms with Crippen molar-refractivity contribution in [3.05, 3.63) is 33.3 Å². The summed E-state index contributed by atoms with van der Waals surface area (Å²) in [6, 6.07) is 5.68. The molecule has 0 bridgehead atoms. The smallest absolute Gasteiger partial charge is 0.239 e. The molecule has 0 aromatic heterocycles. The van der Waals surface area contributed by atoms with Gasteiger partial charge in [-0.2, -0.15) is 0 Å². The Morgan fingerprint density at radius 1 is 1.57 bits per heavy atom. The van der Waals surface area contributed by atoms with Crippen LogP contribution in [0.25, 0.3) is 0 Å². The highest BCUT2D eigenvalue weighted by Gasteiger charge is 2.30. The van der Waals surface area contributed by atoms with Gasteiger partial charge in [-0.15, -0.1) is 0 Å². The summed E-state index contributed by atoms with van der Waals surface area (Å²) >= 11 is 9.67. The van der Waals surface area contributed by atoms with Crippen LogP contribution in [0.3, 0.4) is 0 Å². The molecule has 0 aliphatic carbocycles. The SMILES string of the molecule is CC(C)NC(=O)C1COCCN1Cc1ccc(Br)cc1Cl. The number of carbonyl (C=O) groups excluding carboxylic acids is 1. The number of carbonyl (C=O) groups is 1. The van der Waals surface area contributed by atoms with Crippen molar-refractivity contribution >= 4 is 33.4 Å². The second kappa shape index (κ2) is 7.58. The molecule has 1 aromatic carbocycles. The third kappa shape index (κ3) is 4.68. The van der Waals surface area contributed by atoms with Crippen LogP contribution in [-0.4, -0.2) is 42.6 Å². The third-order valence-electron chi connectivity index (χ3n) is 3.36. The molecule has 0 radical (unpaired) electrons. The quantitative estimate of drug-likeness (QED) is 0.880. The Balaban J connectivity index is 2.09. The van der Waals surface area contributed by atoms with Gasteiger partial charge in [0.05, 0.1) is 13.2 Å². The van der Waals surface area contributed by atoms with Crippen molar-refractivity contribution in [2.24, 2.45) is 0 Å². The van der Waals surface area contributed by atoms with Crippen LogP contribution in [0.15, 0.2) is 22.7 Å². The van der Waals surface area contributed by atoms with Crippen LogP contribution in [0, 0.1) is 0 Å². The number of ether oxygens (including phenoxy) is 1. The van der Waals surface area contributed by atoms with Crippen molar-refractivity contribution in [3.8, 4) is 0 Å². The van der Waals surface area contributed by atoms with Crippen LogP contribution in [0.2, 0.25) is 5.02 Å². The van der Waals surface area contributed by atoms with Gasteiger partial charge in [0.2, 0.25) is 5.91 Å². The average Bonchev–Trinajstić information content (AvgIpc) is 2.41. The average molecular weight is 376 g/mol. The van der Waals surface area contributed by atoms with Crippen molar-refractivity contribution in [3.63, 3.8) is 0 Å². The number of amides is 1. The number of hydrogen-bond acceptors (Lipinski definition) is 3. The lowest BCUT2D eigenvalue weighted by Crippen LogP contribution is -2.54. The number of rotatable bonds is 4. The Kier molecular flexibility index (Phi) is 6.05. The van der Waals surface area contributed by atoms with Crippen LogP contribution < -0.4 is 5.32 Å². The van der Waals surface area contributed by atoms with Crippen LogP contribution in [-0.2, 0) is 16.1 Å². The highest BCUT2D eigenvalue weighted by Crippen LogP contribution is 2.24. The highest BCUT2D eigenvalue weighted by atomic mass is 79.9. The van der Waals surface area contributed by atoms with Gasteiger partial charge < -0.3 is 10.1 Å². The predicted molar refractivity (Wildman–Crippen MR) is 87.4 cm³/mol. The molecule has 21 heavy (non-hydrogen) atoms. The van der Waals surface area contributed by atoms with Gasteiger partial charge in [-0.25, -0.2) is 0 Å². The third-order valence-corrected chi connectivity index (χ3v) is 4.21. The molecule has 1 heterocycles. The summed E-state index contributed by atoms with van der Waals surface area (Å²) in [7, 11) is 0. The molecular weight excluding hydrogens is 356 g/mol. The Morgan fingerprint density at radius 3 is 3.00 bits per heavy atom. The van der Waals surface area contributed by atoms with Gasteiger partial charge in [-0.1, -0.05) is 33.6 Å². The van der Waals surface area contributed by atoms with Crippen LogP contribution >= 0.6 is 27.5 Å². The molecule has 1 aromatic rings. The van der Waals surface area contributed by atoms with E-state index in [9.17, 15) is 4.79 Å². The van der Waals surface area contributed by atoms with E-state index in [1.165, 1.54) is 0 Å². The first-order chi connectivity index (χ1) is 9.97. The molecule has 1 atom stereocenters. The molecule has 1 fully saturated rings. The summed E-state index contributed by atoms with van der Waals surface area (Å²) < 4.78 is 6.41. The molecule has 1 aliphatic heterocycles. The Morgan fingerprint density at radius 2 is 2.33 bits per heavy atom. The van der Waals surface area contributed by atoms with Crippen molar-refractivity contribution in [1.29, 1.82) is 0 Å². The number of nitrogens with one attached hydrogen (secondary N) is 1. The normalized spacial score (nSPS) is 19.8. The van der Waals surface area contributed by atoms with Gasteiger partial charge in [-0.3, -0.25) is 9.69 Å². The Hall–Kier alpha value is -0.620. The molecule has 1 N–H and O–H groups in total. The van der Waals surface area contributed by atoms with Gasteiger partial charge in [0.15, 0.2) is 0 Å². The minimum absolute atomic E-state index is 0.0120. The number of benzene rings is 1. The maximum absolute atomic E-state index is 12.3. The first-order valence-corrected chi connectivity index (χ1v) is 8.20. The zero-order valence-corrected chi connectivity index (χ0v) is 14.6. The first-order valence-electron chi connectivity index (χ1n) is 7.03. The summed E-state index contributed by atoms with van der Waals surface area (Å²) in [4.78, 5) is 14.4. The first kappa shape index (κ1) is 16.7. The highest BCUT2D eigenvalue weighted by molar-refractivity contribution is 9.10. The van der Waals surface area contributed by atoms with Crippen molar-refractivity contribution in [2.75, 3.05) is 19.8 Å². The van der Waals surface area contributed by atoms with Gasteiger partial charge >= 0.3 is 0 Å². The molecule has 0 spiro atoms. The molecule has 1 unspecified atom stereocenters. The fraction of sp³-hybridized carbons (Fsp3) is 0.533. The van der Waals surface area contributed by atoms with E-state index in [4.69, 9.17) is 16.3 Å². The lowest BCUT2D eigenvalue weighted by molar-refractivity contribution is -0.133. The molecule has 116 valence electrons. The summed E-state index contributed by atoms with van der Waals surface area (Å²) in [6.07, 6.45) is 0. The molecule has 1 saturated heterocycles. The summed E-state index contributed by atoms with van der Waals surface area (Å²) in [5.74, 6) is 0.0120. The number of nitrogens with zero attached hydrogens (tertiary/aromatic N) is 1. The zero-order valence-electron chi connectivity index (χ0n) is 12.2. The van der Waals surface area contributed by atoms with E-state index in [1.54, 1.807) is 0 Å². The predicted octanol–water partition coefficient (Wildman–Crippen LogP) is 2.83. The number of halogens is 2. The lowest BCUT2D eigenvalue weighted by Gasteiger charge is -2.35. The van der Waals surface area contributed by atoms with Crippen LogP contribution in [0.1, 0.15) is 19.4 Å². The second-order valence-electron chi connectivity index (χ2n) is 5.46. The fourth-order valence-corrected chi connectivity index (χ4v) is 3.05. The largest absolute Gasteiger partial charge is 0.378 e. The Bertz CT molecular complexity index is 510. The molecule has 2 rings (SSSR count). The van der Waals surface area contributed by atoms with Gasteiger partial charge in [0, 0.05) is 28.6 Å². The molecule has 0 saturated carbocycles. The van der Waals surface area contributed by atoms with E-state index in [2.05, 4.69) is 26.1 Å². The van der Waals surface area contributed by atoms with Crippen molar-refractivity contribution < 1.29 is 9.53 Å². The monoisotopic (exact) mass is 374 g/mol. The van der Waals surface area contributed by atoms with E-state index in [0.717, 1.165) is 16.6 Å². The van der Waals surface area contributed by atoms with Gasteiger partial charge in [0.25, 0.3) is 0 Å². The lowest BCUT2D eigenvalue weighted by atomic mass is 10.1. The maximum Gasteiger partial charge on any atom is 0.239 e. The standard InChI is InChI=1S/C15H20BrClN2O2/c1-10(2)18-15(20)14-9-21-6-5-19(14)8-11-3-4-12(16)7-13(11)17/h3-4,7,10,14H,5-6,8-9H2,1-2H3,(H,18,20). The Labute approximate surface area is 138 Å². The van der Waals surface area contributed by atoms with E-state index >= 15 is 0 Å². The molecule has 1 amide bonds. The fourth-order valence-electron chi connectivity index (χ4n) is 2.32. The minimum Gasteiger partial charge on any atom is -0.378 e. The van der Waals surface area contributed by atoms with Gasteiger partial charge in [-0.05, 0) is 31.5 Å². The van der Waals surface area contributed by atoms with E-state index in [1.807, 2.05) is 32.0 Å². The molecule has 4 nitrogen and oxygen atoms in total. The van der Waals surface area contributed by atoms with E-state index < -0.39 is 0 Å². The van der Waals surface area contributed by atoms with E-state index in [-0.39, 0.29) is 18.0 Å². The topological polar surface area (TPSA) is 41.6 Å².